The number of nitrogen functional groups attached to an aromatic ring is 1. The van der Waals surface area contributed by atoms with Gasteiger partial charge in [0.25, 0.3) is 5.91 Å². The molecule has 0 aliphatic heterocycles. The molecule has 1 atom stereocenters. The maximum Gasteiger partial charge on any atom is 0.272 e. The van der Waals surface area contributed by atoms with Crippen LogP contribution in [0.3, 0.4) is 0 Å². The minimum Gasteiger partial charge on any atom is -0.336 e. The van der Waals surface area contributed by atoms with Crippen LogP contribution in [0.1, 0.15) is 24.3 Å². The number of nitrogens with one attached hydrogen (secondary N) is 1. The van der Waals surface area contributed by atoms with Crippen molar-refractivity contribution in [1.29, 1.82) is 5.26 Å². The molecule has 6 heteroatoms. The van der Waals surface area contributed by atoms with E-state index in [0.717, 1.165) is 0 Å². The fraction of sp³-hybridized carbons (Fsp3) is 0.417. The molecule has 0 saturated carbocycles. The Hall–Kier alpha value is -2.13. The standard InChI is InChI=1S/C12H17N5O/c1-3-17(8-9(2)7-13)12(18)10-5-4-6-11(15-10)16-14/h4-6,9H,3,8,14H2,1-2H3,(H,15,16). The van der Waals surface area contributed by atoms with E-state index in [1.165, 1.54) is 0 Å². The molecule has 1 amide bonds. The van der Waals surface area contributed by atoms with Gasteiger partial charge >= 0.3 is 0 Å². The summed E-state index contributed by atoms with van der Waals surface area (Å²) in [6.45, 7) is 4.58. The predicted molar refractivity (Wildman–Crippen MR) is 68.4 cm³/mol. The molecule has 0 aliphatic rings. The number of aromatic nitrogens is 1. The maximum absolute atomic E-state index is 12.2. The number of hydrazine groups is 1. The van der Waals surface area contributed by atoms with E-state index in [9.17, 15) is 4.79 Å². The van der Waals surface area contributed by atoms with Gasteiger partial charge in [-0.3, -0.25) is 4.79 Å². The van der Waals surface area contributed by atoms with Crippen molar-refractivity contribution in [3.8, 4) is 6.07 Å². The molecule has 1 unspecified atom stereocenters. The molecule has 1 aromatic rings. The Morgan fingerprint density at radius 2 is 2.39 bits per heavy atom. The van der Waals surface area contributed by atoms with Crippen molar-refractivity contribution < 1.29 is 4.79 Å². The molecular formula is C12H17N5O. The van der Waals surface area contributed by atoms with E-state index in [-0.39, 0.29) is 11.8 Å². The third-order valence-electron chi connectivity index (χ3n) is 2.50. The van der Waals surface area contributed by atoms with Gasteiger partial charge in [0.05, 0.1) is 12.0 Å². The Balaban J connectivity index is 2.86. The first kappa shape index (κ1) is 13.9. The van der Waals surface area contributed by atoms with E-state index in [1.807, 2.05) is 6.92 Å². The van der Waals surface area contributed by atoms with Gasteiger partial charge in [-0.1, -0.05) is 6.07 Å². The highest BCUT2D eigenvalue weighted by Gasteiger charge is 2.17. The molecule has 1 rings (SSSR count). The number of amides is 1. The first-order valence-corrected chi connectivity index (χ1v) is 5.75. The number of nitriles is 1. The van der Waals surface area contributed by atoms with E-state index >= 15 is 0 Å². The molecule has 18 heavy (non-hydrogen) atoms. The van der Waals surface area contributed by atoms with Crippen LogP contribution >= 0.6 is 0 Å². The molecule has 0 aromatic carbocycles. The van der Waals surface area contributed by atoms with Gasteiger partial charge in [0, 0.05) is 13.1 Å². The van der Waals surface area contributed by atoms with Crippen molar-refractivity contribution in [2.24, 2.45) is 11.8 Å². The molecule has 3 N–H and O–H groups in total. The fourth-order valence-electron chi connectivity index (χ4n) is 1.52. The highest BCUT2D eigenvalue weighted by Crippen LogP contribution is 2.08. The van der Waals surface area contributed by atoms with Crippen LogP contribution in [-0.4, -0.2) is 28.9 Å². The number of hydrogen-bond donors (Lipinski definition) is 2. The zero-order chi connectivity index (χ0) is 13.5. The average Bonchev–Trinajstić information content (AvgIpc) is 2.43. The molecule has 0 bridgehead atoms. The number of anilines is 1. The van der Waals surface area contributed by atoms with Crippen molar-refractivity contribution >= 4 is 11.7 Å². The van der Waals surface area contributed by atoms with Crippen molar-refractivity contribution in [3.63, 3.8) is 0 Å². The third-order valence-corrected chi connectivity index (χ3v) is 2.50. The van der Waals surface area contributed by atoms with Gasteiger partial charge in [0.1, 0.15) is 11.5 Å². The monoisotopic (exact) mass is 247 g/mol. The van der Waals surface area contributed by atoms with Crippen LogP contribution < -0.4 is 11.3 Å². The van der Waals surface area contributed by atoms with Gasteiger partial charge in [-0.15, -0.1) is 0 Å². The van der Waals surface area contributed by atoms with Crippen molar-refractivity contribution in [1.82, 2.24) is 9.88 Å². The molecule has 0 fully saturated rings. The van der Waals surface area contributed by atoms with Gasteiger partial charge in [-0.2, -0.15) is 5.26 Å². The lowest BCUT2D eigenvalue weighted by Gasteiger charge is -2.21. The van der Waals surface area contributed by atoms with Gasteiger partial charge in [-0.25, -0.2) is 10.8 Å². The normalized spacial score (nSPS) is 11.4. The fourth-order valence-corrected chi connectivity index (χ4v) is 1.52. The lowest BCUT2D eigenvalue weighted by Crippen LogP contribution is -2.35. The topological polar surface area (TPSA) is 95.0 Å². The summed E-state index contributed by atoms with van der Waals surface area (Å²) in [7, 11) is 0. The Morgan fingerprint density at radius 3 is 2.94 bits per heavy atom. The van der Waals surface area contributed by atoms with Crippen LogP contribution in [0.15, 0.2) is 18.2 Å². The predicted octanol–water partition coefficient (Wildman–Crippen LogP) is 0.989. The molecule has 96 valence electrons. The highest BCUT2D eigenvalue weighted by atomic mass is 16.2. The Morgan fingerprint density at radius 1 is 1.67 bits per heavy atom. The van der Waals surface area contributed by atoms with Crippen LogP contribution in [-0.2, 0) is 0 Å². The average molecular weight is 247 g/mol. The first-order chi connectivity index (χ1) is 8.62. The van der Waals surface area contributed by atoms with Gasteiger partial charge in [-0.05, 0) is 26.0 Å². The van der Waals surface area contributed by atoms with Crippen molar-refractivity contribution in [2.75, 3.05) is 18.5 Å². The molecule has 0 saturated heterocycles. The van der Waals surface area contributed by atoms with E-state index in [0.29, 0.717) is 24.6 Å². The lowest BCUT2D eigenvalue weighted by atomic mass is 10.2. The molecule has 0 aliphatic carbocycles. The van der Waals surface area contributed by atoms with E-state index in [4.69, 9.17) is 11.1 Å². The molecule has 0 spiro atoms. The molecule has 6 nitrogen and oxygen atoms in total. The molecular weight excluding hydrogens is 230 g/mol. The summed E-state index contributed by atoms with van der Waals surface area (Å²) in [5.74, 6) is 5.28. The SMILES string of the molecule is CCN(CC(C)C#N)C(=O)c1cccc(NN)n1. The number of pyridine rings is 1. The molecule has 1 heterocycles. The molecule has 1 aromatic heterocycles. The van der Waals surface area contributed by atoms with E-state index < -0.39 is 0 Å². The smallest absolute Gasteiger partial charge is 0.272 e. The second-order valence-electron chi connectivity index (χ2n) is 3.93. The second kappa shape index (κ2) is 6.57. The summed E-state index contributed by atoms with van der Waals surface area (Å²) in [6.07, 6.45) is 0. The minimum absolute atomic E-state index is 0.197. The number of hydrogen-bond acceptors (Lipinski definition) is 5. The number of rotatable bonds is 5. The minimum atomic E-state index is -0.204. The summed E-state index contributed by atoms with van der Waals surface area (Å²) in [4.78, 5) is 17.9. The number of carbonyl (C=O) groups excluding carboxylic acids is 1. The summed E-state index contributed by atoms with van der Waals surface area (Å²) < 4.78 is 0. The van der Waals surface area contributed by atoms with Gasteiger partial charge in [0.15, 0.2) is 0 Å². The Labute approximate surface area is 106 Å². The summed E-state index contributed by atoms with van der Waals surface area (Å²) in [5.41, 5.74) is 2.71. The van der Waals surface area contributed by atoms with Crippen LogP contribution in [0.2, 0.25) is 0 Å². The largest absolute Gasteiger partial charge is 0.336 e. The first-order valence-electron chi connectivity index (χ1n) is 5.75. The summed E-state index contributed by atoms with van der Waals surface area (Å²) >= 11 is 0. The van der Waals surface area contributed by atoms with Crippen molar-refractivity contribution in [3.05, 3.63) is 23.9 Å². The van der Waals surface area contributed by atoms with E-state index in [2.05, 4.69) is 16.5 Å². The van der Waals surface area contributed by atoms with Gasteiger partial charge in [0.2, 0.25) is 0 Å². The van der Waals surface area contributed by atoms with E-state index in [1.54, 1.807) is 30.0 Å². The van der Waals surface area contributed by atoms with Crippen LogP contribution in [0.5, 0.6) is 0 Å². The number of carbonyl (C=O) groups is 1. The molecule has 0 radical (unpaired) electrons. The summed E-state index contributed by atoms with van der Waals surface area (Å²) in [6, 6.07) is 7.12. The third kappa shape index (κ3) is 3.43. The maximum atomic E-state index is 12.2. The Kier molecular flexibility index (Phi) is 5.08. The van der Waals surface area contributed by atoms with Crippen molar-refractivity contribution in [2.45, 2.75) is 13.8 Å². The van der Waals surface area contributed by atoms with Crippen LogP contribution in [0.25, 0.3) is 0 Å². The zero-order valence-electron chi connectivity index (χ0n) is 10.6. The second-order valence-corrected chi connectivity index (χ2v) is 3.93. The lowest BCUT2D eigenvalue weighted by molar-refractivity contribution is 0.0747. The quantitative estimate of drug-likeness (QED) is 0.597. The van der Waals surface area contributed by atoms with Gasteiger partial charge < -0.3 is 10.3 Å². The van der Waals surface area contributed by atoms with Crippen LogP contribution in [0.4, 0.5) is 5.82 Å². The van der Waals surface area contributed by atoms with Crippen LogP contribution in [0, 0.1) is 17.2 Å². The summed E-state index contributed by atoms with van der Waals surface area (Å²) in [5, 5.41) is 8.78. The number of nitrogens with zero attached hydrogens (tertiary/aromatic N) is 3. The zero-order valence-corrected chi connectivity index (χ0v) is 10.6. The number of nitrogens with two attached hydrogens (primary N) is 1. The highest BCUT2D eigenvalue weighted by molar-refractivity contribution is 5.92. The Bertz CT molecular complexity index is 454.